The molecule has 0 aliphatic carbocycles. The van der Waals surface area contributed by atoms with Crippen LogP contribution in [0, 0.1) is 17.7 Å². The molecule has 27 heavy (non-hydrogen) atoms. The van der Waals surface area contributed by atoms with Crippen LogP contribution in [0.4, 0.5) is 4.39 Å². The number of amides is 1. The molecule has 5 nitrogen and oxygen atoms in total. The van der Waals surface area contributed by atoms with Crippen LogP contribution in [0.5, 0.6) is 0 Å². The summed E-state index contributed by atoms with van der Waals surface area (Å²) in [5.74, 6) is 0.270. The van der Waals surface area contributed by atoms with E-state index in [2.05, 4.69) is 18.7 Å². The van der Waals surface area contributed by atoms with Crippen LogP contribution in [0.3, 0.4) is 0 Å². The van der Waals surface area contributed by atoms with Crippen molar-refractivity contribution in [1.29, 1.82) is 0 Å². The fraction of sp³-hybridized carbons (Fsp3) is 0.381. The Balaban J connectivity index is 1.79. The molecular weight excluding hydrogens is 347 g/mol. The number of primary amides is 1. The van der Waals surface area contributed by atoms with Crippen molar-refractivity contribution in [3.63, 3.8) is 0 Å². The Kier molecular flexibility index (Phi) is 5.65. The van der Waals surface area contributed by atoms with Gasteiger partial charge in [0.25, 0.3) is 5.91 Å². The lowest BCUT2D eigenvalue weighted by molar-refractivity contribution is 0.0975. The predicted molar refractivity (Wildman–Crippen MR) is 104 cm³/mol. The van der Waals surface area contributed by atoms with Gasteiger partial charge in [-0.1, -0.05) is 26.0 Å². The molecule has 144 valence electrons. The highest BCUT2D eigenvalue weighted by molar-refractivity contribution is 6.02. The summed E-state index contributed by atoms with van der Waals surface area (Å²) in [5, 5.41) is 10.7. The molecule has 2 atom stereocenters. The highest BCUT2D eigenvalue weighted by atomic mass is 19.1. The minimum atomic E-state index is -0.726. The Morgan fingerprint density at radius 1 is 1.37 bits per heavy atom. The lowest BCUT2D eigenvalue weighted by Gasteiger charge is -2.34. The number of piperidine rings is 1. The molecule has 1 aliphatic heterocycles. The highest BCUT2D eigenvalue weighted by Crippen LogP contribution is 2.28. The van der Waals surface area contributed by atoms with Crippen molar-refractivity contribution >= 4 is 23.0 Å². The monoisotopic (exact) mass is 372 g/mol. The first-order chi connectivity index (χ1) is 12.8. The number of rotatable bonds is 5. The zero-order valence-corrected chi connectivity index (χ0v) is 15.6. The van der Waals surface area contributed by atoms with Gasteiger partial charge >= 0.3 is 0 Å². The van der Waals surface area contributed by atoms with Crippen molar-refractivity contribution in [2.75, 3.05) is 19.6 Å². The fourth-order valence-corrected chi connectivity index (χ4v) is 3.90. The van der Waals surface area contributed by atoms with Crippen molar-refractivity contribution < 1.29 is 18.7 Å². The van der Waals surface area contributed by atoms with Crippen LogP contribution in [0.1, 0.15) is 36.4 Å². The van der Waals surface area contributed by atoms with Crippen LogP contribution in [-0.2, 0) is 0 Å². The molecule has 0 radical (unpaired) electrons. The summed E-state index contributed by atoms with van der Waals surface area (Å²) in [6.45, 7) is 6.84. The number of nitrogens with zero attached hydrogens (tertiary/aromatic N) is 1. The third-order valence-electron chi connectivity index (χ3n) is 4.79. The van der Waals surface area contributed by atoms with Crippen molar-refractivity contribution in [2.45, 2.75) is 20.3 Å². The normalized spacial score (nSPS) is 22.0. The second-order valence-corrected chi connectivity index (χ2v) is 7.51. The van der Waals surface area contributed by atoms with Crippen molar-refractivity contribution in [2.24, 2.45) is 17.6 Å². The smallest absolute Gasteiger partial charge is 0.285 e. The van der Waals surface area contributed by atoms with E-state index in [1.807, 2.05) is 0 Å². The van der Waals surface area contributed by atoms with Gasteiger partial charge < -0.3 is 15.3 Å². The zero-order valence-electron chi connectivity index (χ0n) is 15.6. The molecule has 1 aliphatic rings. The molecule has 3 N–H and O–H groups in total. The lowest BCUT2D eigenvalue weighted by atomic mass is 9.92. The van der Waals surface area contributed by atoms with E-state index in [9.17, 15) is 14.3 Å². The Hall–Kier alpha value is -2.60. The van der Waals surface area contributed by atoms with Crippen LogP contribution in [0.25, 0.3) is 17.0 Å². The number of likely N-dealkylation sites (tertiary alicyclic amines) is 1. The number of hydrogen-bond acceptors (Lipinski definition) is 4. The number of aliphatic hydroxyl groups excluding tert-OH is 1. The van der Waals surface area contributed by atoms with Gasteiger partial charge in [-0.3, -0.25) is 9.69 Å². The molecule has 2 unspecified atom stereocenters. The molecular formula is C21H25FN2O3. The molecule has 1 amide bonds. The third-order valence-corrected chi connectivity index (χ3v) is 4.79. The summed E-state index contributed by atoms with van der Waals surface area (Å²) in [6, 6.07) is 4.02. The maximum absolute atomic E-state index is 13.6. The van der Waals surface area contributed by atoms with E-state index in [4.69, 9.17) is 10.2 Å². The van der Waals surface area contributed by atoms with E-state index in [0.29, 0.717) is 34.9 Å². The average Bonchev–Trinajstić information content (AvgIpc) is 2.92. The number of fused-ring (bicyclic) bond motifs is 1. The minimum absolute atomic E-state index is 0.0292. The van der Waals surface area contributed by atoms with Crippen LogP contribution in [0.15, 0.2) is 40.5 Å². The number of halogens is 1. The summed E-state index contributed by atoms with van der Waals surface area (Å²) >= 11 is 0. The Labute approximate surface area is 157 Å². The summed E-state index contributed by atoms with van der Waals surface area (Å²) in [4.78, 5) is 13.9. The minimum Gasteiger partial charge on any atom is -0.511 e. The number of aliphatic hydroxyl groups is 1. The number of hydrogen-bond donors (Lipinski definition) is 2. The van der Waals surface area contributed by atoms with Gasteiger partial charge in [0.1, 0.15) is 17.2 Å². The predicted octanol–water partition coefficient (Wildman–Crippen LogP) is 4.10. The van der Waals surface area contributed by atoms with E-state index in [0.717, 1.165) is 13.1 Å². The molecule has 0 saturated carbocycles. The molecule has 1 aromatic heterocycles. The molecule has 0 bridgehead atoms. The molecule has 0 spiro atoms. The average molecular weight is 372 g/mol. The fourth-order valence-electron chi connectivity index (χ4n) is 3.90. The van der Waals surface area contributed by atoms with E-state index < -0.39 is 11.7 Å². The summed E-state index contributed by atoms with van der Waals surface area (Å²) in [5.41, 5.74) is 6.15. The van der Waals surface area contributed by atoms with E-state index in [1.165, 1.54) is 24.6 Å². The number of furan rings is 1. The van der Waals surface area contributed by atoms with Crippen LogP contribution in [0.2, 0.25) is 0 Å². The first kappa shape index (κ1) is 19.2. The number of nitrogens with two attached hydrogens (primary N) is 1. The second-order valence-electron chi connectivity index (χ2n) is 7.51. The summed E-state index contributed by atoms with van der Waals surface area (Å²) in [6.07, 6.45) is 6.00. The van der Waals surface area contributed by atoms with E-state index in [1.54, 1.807) is 18.2 Å². The standard InChI is InChI=1S/C21H25FN2O3/c1-13-8-14(2)11-24(10-13)12-16(25)4-3-5-17-18-9-15(22)6-7-19(18)27-20(17)21(23)26/h3-7,9,13-14,25H,8,10-12H2,1-2H3,(H2,23,26)/b5-3+,16-4-. The van der Waals surface area contributed by atoms with Gasteiger partial charge in [-0.25, -0.2) is 4.39 Å². The first-order valence-electron chi connectivity index (χ1n) is 9.14. The largest absolute Gasteiger partial charge is 0.511 e. The van der Waals surface area contributed by atoms with Gasteiger partial charge in [0.05, 0.1) is 6.54 Å². The van der Waals surface area contributed by atoms with Gasteiger partial charge in [-0.05, 0) is 42.5 Å². The molecule has 3 rings (SSSR count). The number of allylic oxidation sites excluding steroid dienone is 2. The Morgan fingerprint density at radius 3 is 2.74 bits per heavy atom. The van der Waals surface area contributed by atoms with Crippen molar-refractivity contribution in [3.05, 3.63) is 53.3 Å². The van der Waals surface area contributed by atoms with Gasteiger partial charge in [0, 0.05) is 24.0 Å². The molecule has 2 heterocycles. The molecule has 1 fully saturated rings. The Morgan fingerprint density at radius 2 is 2.07 bits per heavy atom. The Bertz CT molecular complexity index is 890. The second kappa shape index (κ2) is 7.96. The third kappa shape index (κ3) is 4.57. The molecule has 2 aromatic rings. The molecule has 6 heteroatoms. The molecule has 1 saturated heterocycles. The van der Waals surface area contributed by atoms with Crippen LogP contribution >= 0.6 is 0 Å². The van der Waals surface area contributed by atoms with Gasteiger partial charge in [0.15, 0.2) is 5.76 Å². The maximum atomic E-state index is 13.6. The van der Waals surface area contributed by atoms with Gasteiger partial charge in [0.2, 0.25) is 0 Å². The zero-order chi connectivity index (χ0) is 19.6. The maximum Gasteiger partial charge on any atom is 0.285 e. The van der Waals surface area contributed by atoms with Gasteiger partial charge in [-0.15, -0.1) is 0 Å². The lowest BCUT2D eigenvalue weighted by Crippen LogP contribution is -2.39. The summed E-state index contributed by atoms with van der Waals surface area (Å²) in [7, 11) is 0. The SMILES string of the molecule is CC1CC(C)CN(C/C(O)=C/C=C/c2c(C(N)=O)oc3ccc(F)cc23)C1. The van der Waals surface area contributed by atoms with Crippen LogP contribution < -0.4 is 5.73 Å². The number of carbonyl (C=O) groups is 1. The number of benzene rings is 1. The first-order valence-corrected chi connectivity index (χ1v) is 9.14. The van der Waals surface area contributed by atoms with Crippen molar-refractivity contribution in [1.82, 2.24) is 4.90 Å². The van der Waals surface area contributed by atoms with Gasteiger partial charge in [-0.2, -0.15) is 0 Å². The van der Waals surface area contributed by atoms with E-state index >= 15 is 0 Å². The summed E-state index contributed by atoms with van der Waals surface area (Å²) < 4.78 is 19.0. The van der Waals surface area contributed by atoms with Crippen molar-refractivity contribution in [3.8, 4) is 0 Å². The quantitative estimate of drug-likeness (QED) is 0.612. The topological polar surface area (TPSA) is 79.7 Å². The molecule has 1 aromatic carbocycles. The number of carbonyl (C=O) groups excluding carboxylic acids is 1. The highest BCUT2D eigenvalue weighted by Gasteiger charge is 2.22. The van der Waals surface area contributed by atoms with Crippen LogP contribution in [-0.4, -0.2) is 35.5 Å². The van der Waals surface area contributed by atoms with E-state index in [-0.39, 0.29) is 11.5 Å².